The average Bonchev–Trinajstić information content (AvgIpc) is 3.61. The van der Waals surface area contributed by atoms with Crippen LogP contribution in [0.15, 0.2) is 93.6 Å². The molecular weight excluding hydrogens is 648 g/mol. The fraction of sp³-hybridized carbons (Fsp3) is 0.0667. The molecule has 0 bridgehead atoms. The van der Waals surface area contributed by atoms with Crippen LogP contribution in [-0.4, -0.2) is 33.3 Å². The van der Waals surface area contributed by atoms with E-state index in [-0.39, 0.29) is 23.3 Å². The van der Waals surface area contributed by atoms with Gasteiger partial charge in [-0.05, 0) is 59.7 Å². The molecule has 0 aliphatic carbocycles. The molecule has 2 amide bonds. The minimum atomic E-state index is -0.168. The van der Waals surface area contributed by atoms with E-state index in [0.717, 1.165) is 40.2 Å². The molecule has 0 unspecified atom stereocenters. The summed E-state index contributed by atoms with van der Waals surface area (Å²) in [6.45, 7) is 0. The monoisotopic (exact) mass is 666 g/mol. The van der Waals surface area contributed by atoms with Gasteiger partial charge in [0.1, 0.15) is 0 Å². The topological polar surface area (TPSA) is 84.0 Å². The van der Waals surface area contributed by atoms with E-state index < -0.39 is 0 Å². The maximum absolute atomic E-state index is 12.6. The first kappa shape index (κ1) is 29.0. The fourth-order valence-electron chi connectivity index (χ4n) is 4.04. The van der Waals surface area contributed by atoms with E-state index in [1.165, 1.54) is 23.5 Å². The Morgan fingerprint density at radius 2 is 1.07 bits per heavy atom. The number of thiazole rings is 2. The van der Waals surface area contributed by atoms with Crippen LogP contribution in [0.1, 0.15) is 0 Å². The van der Waals surface area contributed by atoms with Gasteiger partial charge in [-0.2, -0.15) is 0 Å². The molecule has 6 nitrogen and oxygen atoms in total. The van der Waals surface area contributed by atoms with Gasteiger partial charge in [0.2, 0.25) is 11.8 Å². The highest BCUT2D eigenvalue weighted by molar-refractivity contribution is 8.02. The Morgan fingerprint density at radius 1 is 0.643 bits per heavy atom. The highest BCUT2D eigenvalue weighted by Gasteiger charge is 2.13. The number of hydrogen-bond donors (Lipinski definition) is 2. The number of carbonyl (C=O) groups is 2. The summed E-state index contributed by atoms with van der Waals surface area (Å²) in [5, 5.41) is 6.56. The first-order valence-corrected chi connectivity index (χ1v) is 16.9. The van der Waals surface area contributed by atoms with Gasteiger partial charge >= 0.3 is 0 Å². The van der Waals surface area contributed by atoms with Crippen LogP contribution >= 0.6 is 69.4 Å². The van der Waals surface area contributed by atoms with Crippen LogP contribution in [0.4, 0.5) is 11.4 Å². The normalized spacial score (nSPS) is 11.2. The maximum Gasteiger partial charge on any atom is 0.234 e. The smallest absolute Gasteiger partial charge is 0.234 e. The van der Waals surface area contributed by atoms with Crippen LogP contribution in [0.5, 0.6) is 0 Å². The van der Waals surface area contributed by atoms with Crippen molar-refractivity contribution in [1.82, 2.24) is 9.97 Å². The van der Waals surface area contributed by atoms with Crippen LogP contribution in [-0.2, 0) is 9.59 Å². The molecule has 6 rings (SSSR count). The lowest BCUT2D eigenvalue weighted by Gasteiger charge is -2.11. The van der Waals surface area contributed by atoms with Gasteiger partial charge < -0.3 is 10.6 Å². The van der Waals surface area contributed by atoms with Crippen LogP contribution in [0.25, 0.3) is 31.6 Å². The molecule has 0 atom stereocenters. The number of rotatable bonds is 9. The Balaban J connectivity index is 1.04. The molecule has 0 radical (unpaired) electrons. The zero-order chi connectivity index (χ0) is 29.1. The number of carbonyl (C=O) groups excluding carboxylic acids is 2. The molecule has 2 N–H and O–H groups in total. The first-order valence-electron chi connectivity index (χ1n) is 12.6. The lowest BCUT2D eigenvalue weighted by Crippen LogP contribution is -2.14. The number of benzene rings is 4. The van der Waals surface area contributed by atoms with Crippen LogP contribution in [0.2, 0.25) is 10.0 Å². The number of para-hydroxylation sites is 2. The van der Waals surface area contributed by atoms with Crippen LogP contribution in [0, 0.1) is 0 Å². The molecule has 2 aromatic heterocycles. The molecule has 12 heteroatoms. The Hall–Kier alpha value is -3.12. The molecule has 2 heterocycles. The number of nitrogens with zero attached hydrogens (tertiary/aromatic N) is 2. The summed E-state index contributed by atoms with van der Waals surface area (Å²) in [6, 6.07) is 26.6. The van der Waals surface area contributed by atoms with E-state index in [4.69, 9.17) is 23.2 Å². The molecule has 4 aromatic carbocycles. The van der Waals surface area contributed by atoms with Crippen molar-refractivity contribution in [3.05, 3.63) is 95.0 Å². The molecule has 0 saturated carbocycles. The second-order valence-electron chi connectivity index (χ2n) is 8.96. The highest BCUT2D eigenvalue weighted by Crippen LogP contribution is 2.34. The quantitative estimate of drug-likeness (QED) is 0.150. The van der Waals surface area contributed by atoms with E-state index in [0.29, 0.717) is 21.4 Å². The molecule has 0 saturated heterocycles. The van der Waals surface area contributed by atoms with Gasteiger partial charge in [0, 0.05) is 0 Å². The van der Waals surface area contributed by atoms with Crippen molar-refractivity contribution in [3.63, 3.8) is 0 Å². The molecule has 210 valence electrons. The molecule has 0 aliphatic rings. The Labute approximate surface area is 267 Å². The van der Waals surface area contributed by atoms with E-state index in [1.54, 1.807) is 46.9 Å². The Morgan fingerprint density at radius 3 is 1.48 bits per heavy atom. The third-order valence-electron chi connectivity index (χ3n) is 6.02. The van der Waals surface area contributed by atoms with Crippen molar-refractivity contribution in [2.45, 2.75) is 8.68 Å². The van der Waals surface area contributed by atoms with E-state index >= 15 is 0 Å². The number of amides is 2. The zero-order valence-electron chi connectivity index (χ0n) is 21.6. The van der Waals surface area contributed by atoms with E-state index in [1.807, 2.05) is 60.7 Å². The number of fused-ring (bicyclic) bond motifs is 2. The minimum absolute atomic E-state index is 0.168. The van der Waals surface area contributed by atoms with Gasteiger partial charge in [-0.1, -0.05) is 83.1 Å². The summed E-state index contributed by atoms with van der Waals surface area (Å²) < 4.78 is 3.87. The highest BCUT2D eigenvalue weighted by atomic mass is 35.5. The molecule has 0 aliphatic heterocycles. The Kier molecular flexibility index (Phi) is 8.99. The second-order valence-corrected chi connectivity index (χ2v) is 14.3. The second kappa shape index (κ2) is 13.0. The Bertz CT molecular complexity index is 1740. The summed E-state index contributed by atoms with van der Waals surface area (Å²) in [7, 11) is 0. The lowest BCUT2D eigenvalue weighted by molar-refractivity contribution is -0.114. The fourth-order valence-corrected chi connectivity index (χ4v) is 8.24. The van der Waals surface area contributed by atoms with E-state index in [9.17, 15) is 9.59 Å². The van der Waals surface area contributed by atoms with Crippen LogP contribution < -0.4 is 10.6 Å². The summed E-state index contributed by atoms with van der Waals surface area (Å²) in [6.07, 6.45) is 0. The summed E-state index contributed by atoms with van der Waals surface area (Å²) in [4.78, 5) is 34.3. The molecule has 0 spiro atoms. The minimum Gasteiger partial charge on any atom is -0.324 e. The third kappa shape index (κ3) is 6.91. The van der Waals surface area contributed by atoms with Crippen molar-refractivity contribution in [3.8, 4) is 11.1 Å². The maximum atomic E-state index is 12.6. The van der Waals surface area contributed by atoms with Gasteiger partial charge in [0.15, 0.2) is 8.68 Å². The van der Waals surface area contributed by atoms with E-state index in [2.05, 4.69) is 20.6 Å². The summed E-state index contributed by atoms with van der Waals surface area (Å²) >= 11 is 18.9. The average molecular weight is 668 g/mol. The van der Waals surface area contributed by atoms with Gasteiger partial charge in [-0.3, -0.25) is 9.59 Å². The predicted molar refractivity (Wildman–Crippen MR) is 180 cm³/mol. The molecular formula is C30H20Cl2N4O2S4. The van der Waals surface area contributed by atoms with Crippen molar-refractivity contribution < 1.29 is 9.59 Å². The van der Waals surface area contributed by atoms with Crippen molar-refractivity contribution in [2.75, 3.05) is 22.1 Å². The number of nitrogens with one attached hydrogen (secondary N) is 2. The SMILES string of the molecule is O=C(CSc1nc2ccccc2s1)Nc1ccc(-c2ccc(NC(=O)CSc3nc4ccccc4s3)c(Cl)c2)cc1Cl. The summed E-state index contributed by atoms with van der Waals surface area (Å²) in [5.41, 5.74) is 4.56. The van der Waals surface area contributed by atoms with Gasteiger partial charge in [-0.25, -0.2) is 9.97 Å². The predicted octanol–water partition coefficient (Wildman–Crippen LogP) is 9.34. The van der Waals surface area contributed by atoms with Crippen LogP contribution in [0.3, 0.4) is 0 Å². The lowest BCUT2D eigenvalue weighted by atomic mass is 10.0. The number of hydrogen-bond acceptors (Lipinski definition) is 8. The first-order chi connectivity index (χ1) is 20.4. The number of anilines is 2. The van der Waals surface area contributed by atoms with Gasteiger partial charge in [0.25, 0.3) is 0 Å². The number of thioether (sulfide) groups is 2. The molecule has 6 aromatic rings. The third-order valence-corrected chi connectivity index (χ3v) is 11.0. The number of aromatic nitrogens is 2. The van der Waals surface area contributed by atoms with Crippen molar-refractivity contribution in [1.29, 1.82) is 0 Å². The number of halogens is 2. The van der Waals surface area contributed by atoms with Gasteiger partial charge in [0.05, 0.1) is 53.4 Å². The molecule has 0 fully saturated rings. The summed E-state index contributed by atoms with van der Waals surface area (Å²) in [5.74, 6) is 0.108. The molecule has 42 heavy (non-hydrogen) atoms. The standard InChI is InChI=1S/C30H20Cl2N4O2S4/c31-19-13-17(9-11-21(19)33-27(37)15-39-29-35-23-5-1-3-7-25(23)41-29)18-10-12-22(20(32)14-18)34-28(38)16-40-30-36-24-6-2-4-8-26(24)42-30/h1-14H,15-16H2,(H,33,37)(H,34,38). The van der Waals surface area contributed by atoms with Gasteiger partial charge in [-0.15, -0.1) is 22.7 Å². The largest absolute Gasteiger partial charge is 0.324 e. The van der Waals surface area contributed by atoms with Crippen molar-refractivity contribution >= 4 is 113 Å². The zero-order valence-corrected chi connectivity index (χ0v) is 26.4. The van der Waals surface area contributed by atoms with Crippen molar-refractivity contribution in [2.24, 2.45) is 0 Å².